The van der Waals surface area contributed by atoms with Crippen molar-refractivity contribution in [2.45, 2.75) is 71.4 Å². The van der Waals surface area contributed by atoms with Crippen molar-refractivity contribution in [1.29, 1.82) is 0 Å². The van der Waals surface area contributed by atoms with Gasteiger partial charge in [-0.2, -0.15) is 5.21 Å². The number of nitrogens with zero attached hydrogens (tertiary/aromatic N) is 5. The van der Waals surface area contributed by atoms with Crippen LogP contribution in [0.1, 0.15) is 62.7 Å². The summed E-state index contributed by atoms with van der Waals surface area (Å²) in [5, 5.41) is 24.7. The van der Waals surface area contributed by atoms with Crippen LogP contribution in [0.4, 0.5) is 0 Å². The van der Waals surface area contributed by atoms with Crippen molar-refractivity contribution in [3.8, 4) is 22.5 Å². The first-order valence-electron chi connectivity index (χ1n) is 13.6. The second-order valence-corrected chi connectivity index (χ2v) is 10.8. The number of nitrogens with one attached hydrogen (secondary N) is 1. The van der Waals surface area contributed by atoms with Gasteiger partial charge in [0.2, 0.25) is 5.82 Å². The summed E-state index contributed by atoms with van der Waals surface area (Å²) in [4.78, 5) is 31.5. The molecular weight excluding hydrogens is 492 g/mol. The monoisotopic (exact) mass is 526 g/mol. The van der Waals surface area contributed by atoms with Crippen LogP contribution in [0.2, 0.25) is 0 Å². The fourth-order valence-corrected chi connectivity index (χ4v) is 5.35. The van der Waals surface area contributed by atoms with E-state index in [9.17, 15) is 14.7 Å². The molecular formula is C30H34N6O3. The second-order valence-electron chi connectivity index (χ2n) is 10.8. The van der Waals surface area contributed by atoms with E-state index in [0.29, 0.717) is 37.2 Å². The fourth-order valence-electron chi connectivity index (χ4n) is 5.35. The highest BCUT2D eigenvalue weighted by molar-refractivity contribution is 5.88. The SMILES string of the molecule is CCCCc1nc2c(c(=O)n1Cc1ccc(-c3ccccc3-c3nn[nH]n3)cc1)CC(C(=O)C(C)(C)O)CC2. The summed E-state index contributed by atoms with van der Waals surface area (Å²) in [6.45, 7) is 5.55. The molecule has 2 N–H and O–H groups in total. The van der Waals surface area contributed by atoms with E-state index < -0.39 is 5.60 Å². The minimum Gasteiger partial charge on any atom is -0.383 e. The summed E-state index contributed by atoms with van der Waals surface area (Å²) in [5.74, 6) is 0.731. The van der Waals surface area contributed by atoms with Crippen LogP contribution in [0.3, 0.4) is 0 Å². The fraction of sp³-hybridized carbons (Fsp3) is 0.400. The normalized spacial score (nSPS) is 15.2. The summed E-state index contributed by atoms with van der Waals surface area (Å²) in [6.07, 6.45) is 4.17. The van der Waals surface area contributed by atoms with Crippen LogP contribution >= 0.6 is 0 Å². The number of carbonyl (C=O) groups is 1. The van der Waals surface area contributed by atoms with Crippen molar-refractivity contribution in [3.63, 3.8) is 0 Å². The van der Waals surface area contributed by atoms with Crippen LogP contribution < -0.4 is 5.56 Å². The summed E-state index contributed by atoms with van der Waals surface area (Å²) < 4.78 is 1.77. The van der Waals surface area contributed by atoms with E-state index in [4.69, 9.17) is 4.98 Å². The zero-order valence-corrected chi connectivity index (χ0v) is 22.6. The quantitative estimate of drug-likeness (QED) is 0.338. The molecule has 2 aromatic heterocycles. The van der Waals surface area contributed by atoms with Crippen LogP contribution in [0.5, 0.6) is 0 Å². The van der Waals surface area contributed by atoms with Crippen LogP contribution in [0.15, 0.2) is 53.3 Å². The highest BCUT2D eigenvalue weighted by Crippen LogP contribution is 2.30. The Balaban J connectivity index is 1.46. The first kappa shape index (κ1) is 26.6. The number of aryl methyl sites for hydroxylation is 2. The number of Topliss-reactive ketones (excluding diaryl/α,β-unsaturated/α-hetero) is 1. The molecule has 0 aliphatic heterocycles. The molecule has 202 valence electrons. The maximum Gasteiger partial charge on any atom is 0.257 e. The molecule has 9 heteroatoms. The number of aliphatic hydroxyl groups is 1. The number of tetrazole rings is 1. The highest BCUT2D eigenvalue weighted by atomic mass is 16.3. The Hall–Kier alpha value is -3.98. The van der Waals surface area contributed by atoms with E-state index in [1.54, 1.807) is 4.57 Å². The Morgan fingerprint density at radius 3 is 2.54 bits per heavy atom. The van der Waals surface area contributed by atoms with Crippen LogP contribution in [0, 0.1) is 5.92 Å². The topological polar surface area (TPSA) is 127 Å². The lowest BCUT2D eigenvalue weighted by atomic mass is 9.79. The molecule has 2 heterocycles. The largest absolute Gasteiger partial charge is 0.383 e. The Labute approximate surface area is 227 Å². The van der Waals surface area contributed by atoms with Crippen molar-refractivity contribution in [1.82, 2.24) is 30.2 Å². The van der Waals surface area contributed by atoms with Gasteiger partial charge in [-0.3, -0.25) is 14.2 Å². The van der Waals surface area contributed by atoms with Gasteiger partial charge in [-0.15, -0.1) is 10.2 Å². The molecule has 1 atom stereocenters. The molecule has 1 aliphatic rings. The number of rotatable bonds is 9. The van der Waals surface area contributed by atoms with Crippen molar-refractivity contribution in [2.24, 2.45) is 5.92 Å². The second kappa shape index (κ2) is 11.0. The summed E-state index contributed by atoms with van der Waals surface area (Å²) in [5.41, 5.74) is 3.78. The molecule has 1 unspecified atom stereocenters. The zero-order chi connectivity index (χ0) is 27.6. The predicted octanol–water partition coefficient (Wildman–Crippen LogP) is 3.93. The standard InChI is InChI=1S/C30H34N6O3/c1-4-5-10-26-31-25-16-15-21(27(37)30(2,3)39)17-24(25)29(38)36(26)18-19-11-13-20(14-12-19)22-8-6-7-9-23(22)28-32-34-35-33-28/h6-9,11-14,21,39H,4-5,10,15-18H2,1-3H3,(H,32,33,34,35). The van der Waals surface area contributed by atoms with Gasteiger partial charge in [0.25, 0.3) is 5.56 Å². The van der Waals surface area contributed by atoms with E-state index in [1.165, 1.54) is 13.8 Å². The zero-order valence-electron chi connectivity index (χ0n) is 22.6. The molecule has 4 aromatic rings. The van der Waals surface area contributed by atoms with Crippen molar-refractivity contribution in [3.05, 3.63) is 81.5 Å². The van der Waals surface area contributed by atoms with Gasteiger partial charge >= 0.3 is 0 Å². The molecule has 0 spiro atoms. The molecule has 0 radical (unpaired) electrons. The summed E-state index contributed by atoms with van der Waals surface area (Å²) >= 11 is 0. The molecule has 9 nitrogen and oxygen atoms in total. The van der Waals surface area contributed by atoms with Crippen LogP contribution in [-0.4, -0.2) is 46.7 Å². The maximum atomic E-state index is 13.8. The van der Waals surface area contributed by atoms with E-state index in [1.807, 2.05) is 48.5 Å². The van der Waals surface area contributed by atoms with Gasteiger partial charge in [-0.25, -0.2) is 4.98 Å². The summed E-state index contributed by atoms with van der Waals surface area (Å²) in [7, 11) is 0. The average molecular weight is 527 g/mol. The number of unbranched alkanes of at least 4 members (excludes halogenated alkanes) is 1. The van der Waals surface area contributed by atoms with Gasteiger partial charge in [-0.05, 0) is 61.4 Å². The smallest absolute Gasteiger partial charge is 0.257 e. The predicted molar refractivity (Wildman–Crippen MR) is 148 cm³/mol. The Kier molecular flexibility index (Phi) is 7.52. The number of benzene rings is 2. The third kappa shape index (κ3) is 5.59. The average Bonchev–Trinajstić information content (AvgIpc) is 3.48. The number of aromatic amines is 1. The number of ketones is 1. The molecule has 0 fully saturated rings. The van der Waals surface area contributed by atoms with E-state index >= 15 is 0 Å². The molecule has 0 saturated heterocycles. The lowest BCUT2D eigenvalue weighted by Crippen LogP contribution is -2.41. The van der Waals surface area contributed by atoms with Gasteiger partial charge < -0.3 is 5.11 Å². The van der Waals surface area contributed by atoms with E-state index in [0.717, 1.165) is 53.0 Å². The number of fused-ring (bicyclic) bond motifs is 1. The Bertz CT molecular complexity index is 1520. The summed E-state index contributed by atoms with van der Waals surface area (Å²) in [6, 6.07) is 16.0. The van der Waals surface area contributed by atoms with E-state index in [-0.39, 0.29) is 17.3 Å². The van der Waals surface area contributed by atoms with Gasteiger partial charge in [0.15, 0.2) is 5.78 Å². The minimum absolute atomic E-state index is 0.0779. The highest BCUT2D eigenvalue weighted by Gasteiger charge is 2.35. The molecule has 2 aromatic carbocycles. The molecule has 39 heavy (non-hydrogen) atoms. The van der Waals surface area contributed by atoms with Crippen LogP contribution in [0.25, 0.3) is 22.5 Å². The number of aromatic nitrogens is 6. The van der Waals surface area contributed by atoms with Crippen molar-refractivity contribution < 1.29 is 9.90 Å². The molecule has 0 saturated carbocycles. The van der Waals surface area contributed by atoms with Crippen LogP contribution in [-0.2, 0) is 30.6 Å². The molecule has 0 amide bonds. The third-order valence-corrected chi connectivity index (χ3v) is 7.45. The number of H-pyrrole nitrogens is 1. The molecule has 5 rings (SSSR count). The van der Waals surface area contributed by atoms with E-state index in [2.05, 4.69) is 27.5 Å². The number of hydrogen-bond donors (Lipinski definition) is 2. The number of hydrogen-bond acceptors (Lipinski definition) is 7. The Morgan fingerprint density at radius 2 is 1.87 bits per heavy atom. The van der Waals surface area contributed by atoms with Gasteiger partial charge in [0, 0.05) is 23.5 Å². The Morgan fingerprint density at radius 1 is 1.13 bits per heavy atom. The van der Waals surface area contributed by atoms with Gasteiger partial charge in [-0.1, -0.05) is 61.9 Å². The lowest BCUT2D eigenvalue weighted by molar-refractivity contribution is -0.138. The van der Waals surface area contributed by atoms with Gasteiger partial charge in [0.1, 0.15) is 11.4 Å². The molecule has 0 bridgehead atoms. The minimum atomic E-state index is -1.42. The van der Waals surface area contributed by atoms with Crippen molar-refractivity contribution in [2.75, 3.05) is 0 Å². The first-order valence-corrected chi connectivity index (χ1v) is 13.6. The lowest BCUT2D eigenvalue weighted by Gasteiger charge is -2.28. The first-order chi connectivity index (χ1) is 18.8. The van der Waals surface area contributed by atoms with Gasteiger partial charge in [0.05, 0.1) is 12.2 Å². The number of carbonyl (C=O) groups excluding carboxylic acids is 1. The maximum absolute atomic E-state index is 13.8. The van der Waals surface area contributed by atoms with Crippen molar-refractivity contribution >= 4 is 5.78 Å². The third-order valence-electron chi connectivity index (χ3n) is 7.45. The molecule has 1 aliphatic carbocycles.